The zero-order chi connectivity index (χ0) is 18.0. The summed E-state index contributed by atoms with van der Waals surface area (Å²) in [6.07, 6.45) is 3.00. The largest absolute Gasteiger partial charge is 0.497 e. The van der Waals surface area contributed by atoms with Gasteiger partial charge in [0.15, 0.2) is 0 Å². The highest BCUT2D eigenvalue weighted by molar-refractivity contribution is 7.89. The lowest BCUT2D eigenvalue weighted by Crippen LogP contribution is -2.62. The number of carbonyl (C=O) groups excluding carboxylic acids is 1. The first-order valence-corrected chi connectivity index (χ1v) is 9.69. The van der Waals surface area contributed by atoms with Crippen LogP contribution in [-0.4, -0.2) is 63.0 Å². The lowest BCUT2D eigenvalue weighted by atomic mass is 10.1. The van der Waals surface area contributed by atoms with Crippen LogP contribution in [0.25, 0.3) is 0 Å². The number of amides is 2. The van der Waals surface area contributed by atoms with Crippen LogP contribution >= 0.6 is 0 Å². The molecule has 0 unspecified atom stereocenters. The van der Waals surface area contributed by atoms with Gasteiger partial charge in [-0.1, -0.05) is 11.6 Å². The number of rotatable bonds is 4. The highest BCUT2D eigenvalue weighted by Crippen LogP contribution is 2.23. The summed E-state index contributed by atoms with van der Waals surface area (Å²) in [7, 11) is -1.99. The number of urea groups is 1. The molecule has 1 aromatic rings. The van der Waals surface area contributed by atoms with Gasteiger partial charge in [-0.2, -0.15) is 4.31 Å². The van der Waals surface area contributed by atoms with Crippen LogP contribution < -0.4 is 10.1 Å². The van der Waals surface area contributed by atoms with Crippen LogP contribution in [0.4, 0.5) is 4.79 Å². The lowest BCUT2D eigenvalue weighted by molar-refractivity contribution is 0.175. The number of hydrogen-bond acceptors (Lipinski definition) is 4. The standard InChI is InChI=1S/C17H23N3O4S/c1-13-4-3-9-19(10-13)17(21)18-14-11-20(12-14)25(22,23)16-7-5-15(24-2)6-8-16/h4-8,14H,3,9-12H2,1-2H3,(H,18,21). The third-order valence-corrected chi connectivity index (χ3v) is 6.34. The molecular weight excluding hydrogens is 342 g/mol. The number of ether oxygens (including phenoxy) is 1. The van der Waals surface area contributed by atoms with Crippen molar-refractivity contribution in [3.63, 3.8) is 0 Å². The minimum absolute atomic E-state index is 0.126. The molecule has 1 N–H and O–H groups in total. The lowest BCUT2D eigenvalue weighted by Gasteiger charge is -2.39. The normalized spacial score (nSPS) is 19.1. The fourth-order valence-electron chi connectivity index (χ4n) is 2.97. The van der Waals surface area contributed by atoms with Crippen LogP contribution in [0.2, 0.25) is 0 Å². The molecule has 2 aliphatic rings. The predicted octanol–water partition coefficient (Wildman–Crippen LogP) is 1.43. The van der Waals surface area contributed by atoms with E-state index in [0.717, 1.165) is 6.42 Å². The third-order valence-electron chi connectivity index (χ3n) is 4.49. The SMILES string of the molecule is COc1ccc(S(=O)(=O)N2CC(NC(=O)N3CCC=C(C)C3)C2)cc1. The van der Waals surface area contributed by atoms with Crippen LogP contribution in [0, 0.1) is 0 Å². The number of methoxy groups -OCH3 is 1. The first-order chi connectivity index (χ1) is 11.9. The number of benzene rings is 1. The summed E-state index contributed by atoms with van der Waals surface area (Å²) in [5.41, 5.74) is 1.18. The van der Waals surface area contributed by atoms with Crippen molar-refractivity contribution in [2.45, 2.75) is 24.3 Å². The fourth-order valence-corrected chi connectivity index (χ4v) is 4.50. The molecule has 1 aromatic carbocycles. The maximum atomic E-state index is 12.5. The molecule has 1 fully saturated rings. The average molecular weight is 365 g/mol. The maximum Gasteiger partial charge on any atom is 0.318 e. The molecule has 25 heavy (non-hydrogen) atoms. The van der Waals surface area contributed by atoms with E-state index in [1.54, 1.807) is 17.0 Å². The van der Waals surface area contributed by atoms with Gasteiger partial charge in [0.1, 0.15) is 5.75 Å². The highest BCUT2D eigenvalue weighted by atomic mass is 32.2. The monoisotopic (exact) mass is 365 g/mol. The molecule has 1 saturated heterocycles. The van der Waals surface area contributed by atoms with E-state index >= 15 is 0 Å². The van der Waals surface area contributed by atoms with Gasteiger partial charge in [0.05, 0.1) is 18.0 Å². The van der Waals surface area contributed by atoms with Gasteiger partial charge in [0, 0.05) is 26.2 Å². The van der Waals surface area contributed by atoms with Crippen molar-refractivity contribution in [2.24, 2.45) is 0 Å². The maximum absolute atomic E-state index is 12.5. The first-order valence-electron chi connectivity index (χ1n) is 8.25. The minimum Gasteiger partial charge on any atom is -0.497 e. The van der Waals surface area contributed by atoms with Gasteiger partial charge in [0.25, 0.3) is 0 Å². The second kappa shape index (κ2) is 7.05. The van der Waals surface area contributed by atoms with Gasteiger partial charge in [-0.05, 0) is 37.6 Å². The Morgan fingerprint density at radius 3 is 2.52 bits per heavy atom. The number of carbonyl (C=O) groups is 1. The summed E-state index contributed by atoms with van der Waals surface area (Å²) in [4.78, 5) is 14.2. The summed E-state index contributed by atoms with van der Waals surface area (Å²) in [6.45, 7) is 3.92. The molecule has 0 spiro atoms. The second-order valence-electron chi connectivity index (χ2n) is 6.40. The second-order valence-corrected chi connectivity index (χ2v) is 8.34. The zero-order valence-electron chi connectivity index (χ0n) is 14.4. The highest BCUT2D eigenvalue weighted by Gasteiger charge is 2.38. The van der Waals surface area contributed by atoms with Crippen LogP contribution in [0.1, 0.15) is 13.3 Å². The molecular formula is C17H23N3O4S. The van der Waals surface area contributed by atoms with Gasteiger partial charge in [-0.3, -0.25) is 0 Å². The Kier molecular flexibility index (Phi) is 5.01. The topological polar surface area (TPSA) is 79.0 Å². The van der Waals surface area contributed by atoms with E-state index in [9.17, 15) is 13.2 Å². The molecule has 0 aromatic heterocycles. The Hall–Kier alpha value is -2.06. The summed E-state index contributed by atoms with van der Waals surface area (Å²) < 4.78 is 31.5. The van der Waals surface area contributed by atoms with Crippen LogP contribution in [0.3, 0.4) is 0 Å². The van der Waals surface area contributed by atoms with Crippen molar-refractivity contribution in [1.82, 2.24) is 14.5 Å². The number of sulfonamides is 1. The molecule has 0 bridgehead atoms. The van der Waals surface area contributed by atoms with Crippen LogP contribution in [0.5, 0.6) is 5.75 Å². The number of nitrogens with zero attached hydrogens (tertiary/aromatic N) is 2. The summed E-state index contributed by atoms with van der Waals surface area (Å²) >= 11 is 0. The third kappa shape index (κ3) is 3.80. The van der Waals surface area contributed by atoms with Gasteiger partial charge in [-0.15, -0.1) is 0 Å². The van der Waals surface area contributed by atoms with Gasteiger partial charge >= 0.3 is 6.03 Å². The van der Waals surface area contributed by atoms with Crippen molar-refractivity contribution >= 4 is 16.1 Å². The summed E-state index contributed by atoms with van der Waals surface area (Å²) in [5.74, 6) is 0.610. The minimum atomic E-state index is -3.53. The molecule has 0 atom stereocenters. The Morgan fingerprint density at radius 2 is 1.92 bits per heavy atom. The van der Waals surface area contributed by atoms with Crippen molar-refractivity contribution in [1.29, 1.82) is 0 Å². The van der Waals surface area contributed by atoms with Crippen molar-refractivity contribution in [3.05, 3.63) is 35.9 Å². The summed E-state index contributed by atoms with van der Waals surface area (Å²) in [6, 6.07) is 6.04. The number of nitrogens with one attached hydrogen (secondary N) is 1. The van der Waals surface area contributed by atoms with Crippen molar-refractivity contribution in [3.8, 4) is 5.75 Å². The van der Waals surface area contributed by atoms with E-state index in [1.165, 1.54) is 29.1 Å². The van der Waals surface area contributed by atoms with E-state index in [0.29, 0.717) is 31.9 Å². The molecule has 0 aliphatic carbocycles. The quantitative estimate of drug-likeness (QED) is 0.819. The van der Waals surface area contributed by atoms with Gasteiger partial charge in [-0.25, -0.2) is 13.2 Å². The number of hydrogen-bond donors (Lipinski definition) is 1. The van der Waals surface area contributed by atoms with E-state index in [4.69, 9.17) is 4.74 Å². The Balaban J connectivity index is 1.54. The molecule has 136 valence electrons. The van der Waals surface area contributed by atoms with Crippen LogP contribution in [0.15, 0.2) is 40.8 Å². The van der Waals surface area contributed by atoms with Crippen LogP contribution in [-0.2, 0) is 10.0 Å². The predicted molar refractivity (Wildman–Crippen MR) is 94.0 cm³/mol. The van der Waals surface area contributed by atoms with E-state index in [-0.39, 0.29) is 17.0 Å². The Labute approximate surface area is 148 Å². The molecule has 0 radical (unpaired) electrons. The van der Waals surface area contributed by atoms with E-state index in [2.05, 4.69) is 11.4 Å². The zero-order valence-corrected chi connectivity index (χ0v) is 15.3. The van der Waals surface area contributed by atoms with E-state index in [1.807, 2.05) is 6.92 Å². The molecule has 8 heteroatoms. The van der Waals surface area contributed by atoms with Gasteiger partial charge in [0.2, 0.25) is 10.0 Å². The first kappa shape index (κ1) is 17.8. The Morgan fingerprint density at radius 1 is 1.24 bits per heavy atom. The average Bonchev–Trinajstić information content (AvgIpc) is 2.57. The summed E-state index contributed by atoms with van der Waals surface area (Å²) in [5, 5.41) is 2.91. The molecule has 3 rings (SSSR count). The smallest absolute Gasteiger partial charge is 0.318 e. The molecule has 2 amide bonds. The molecule has 2 aliphatic heterocycles. The molecule has 7 nitrogen and oxygen atoms in total. The Bertz CT molecular complexity index is 768. The van der Waals surface area contributed by atoms with Gasteiger partial charge < -0.3 is 15.0 Å². The van der Waals surface area contributed by atoms with E-state index < -0.39 is 10.0 Å². The van der Waals surface area contributed by atoms with Crippen molar-refractivity contribution in [2.75, 3.05) is 33.3 Å². The van der Waals surface area contributed by atoms with Crippen molar-refractivity contribution < 1.29 is 17.9 Å². The molecule has 2 heterocycles. The fraction of sp³-hybridized carbons (Fsp3) is 0.471. The molecule has 0 saturated carbocycles.